The van der Waals surface area contributed by atoms with E-state index < -0.39 is 12.7 Å². The molecular formula is C23H30F2N4O3. The predicted molar refractivity (Wildman–Crippen MR) is 121 cm³/mol. The van der Waals surface area contributed by atoms with Gasteiger partial charge in [0.1, 0.15) is 11.5 Å². The second-order valence-corrected chi connectivity index (χ2v) is 7.43. The standard InChI is InChI=1S/C23H30F2N4O3/c1-3-26-23(27-14-20(30)16-7-6-8-18(13-16)31-2)28-17-11-12-29(15-17)19-9-4-5-10-21(19)32-22(24)25/h4-10,13,17,20,22,30H,3,11-12,14-15H2,1-2H3,(H2,26,27,28). The molecule has 2 aromatic carbocycles. The molecule has 3 rings (SSSR count). The average molecular weight is 449 g/mol. The first-order valence-electron chi connectivity index (χ1n) is 10.7. The number of alkyl halides is 2. The van der Waals surface area contributed by atoms with E-state index in [1.807, 2.05) is 30.0 Å². The number of para-hydroxylation sites is 2. The van der Waals surface area contributed by atoms with Crippen molar-refractivity contribution in [2.24, 2.45) is 4.99 Å². The number of guanidine groups is 1. The zero-order valence-corrected chi connectivity index (χ0v) is 18.3. The van der Waals surface area contributed by atoms with Crippen molar-refractivity contribution in [2.75, 3.05) is 38.2 Å². The van der Waals surface area contributed by atoms with Gasteiger partial charge in [0.2, 0.25) is 0 Å². The Morgan fingerprint density at radius 2 is 2.06 bits per heavy atom. The van der Waals surface area contributed by atoms with Crippen molar-refractivity contribution in [2.45, 2.75) is 32.1 Å². The fourth-order valence-electron chi connectivity index (χ4n) is 3.66. The number of aliphatic hydroxyl groups excluding tert-OH is 1. The molecule has 9 heteroatoms. The number of hydrogen-bond donors (Lipinski definition) is 3. The Balaban J connectivity index is 1.62. The topological polar surface area (TPSA) is 78.4 Å². The number of methoxy groups -OCH3 is 1. The smallest absolute Gasteiger partial charge is 0.387 e. The van der Waals surface area contributed by atoms with Crippen LogP contribution in [0.2, 0.25) is 0 Å². The SMILES string of the molecule is CCNC(=NCC(O)c1cccc(OC)c1)NC1CCN(c2ccccc2OC(F)F)C1. The van der Waals surface area contributed by atoms with Crippen molar-refractivity contribution in [3.8, 4) is 11.5 Å². The monoisotopic (exact) mass is 448 g/mol. The number of aliphatic imine (C=N–C) groups is 1. The van der Waals surface area contributed by atoms with Crippen LogP contribution in [0, 0.1) is 0 Å². The minimum atomic E-state index is -2.86. The lowest BCUT2D eigenvalue weighted by Gasteiger charge is -2.22. The Hall–Kier alpha value is -3.07. The predicted octanol–water partition coefficient (Wildman–Crippen LogP) is 3.16. The van der Waals surface area contributed by atoms with Gasteiger partial charge in [0, 0.05) is 25.7 Å². The van der Waals surface area contributed by atoms with Crippen LogP contribution in [0.15, 0.2) is 53.5 Å². The summed E-state index contributed by atoms with van der Waals surface area (Å²) in [5.41, 5.74) is 1.37. The molecule has 1 saturated heterocycles. The van der Waals surface area contributed by atoms with Gasteiger partial charge in [-0.15, -0.1) is 0 Å². The van der Waals surface area contributed by atoms with E-state index in [0.717, 1.165) is 12.0 Å². The molecule has 3 N–H and O–H groups in total. The summed E-state index contributed by atoms with van der Waals surface area (Å²) in [5.74, 6) is 1.45. The molecule has 1 aliphatic rings. The van der Waals surface area contributed by atoms with Gasteiger partial charge in [0.25, 0.3) is 0 Å². The van der Waals surface area contributed by atoms with E-state index in [1.54, 1.807) is 37.4 Å². The van der Waals surface area contributed by atoms with Crippen molar-refractivity contribution in [3.05, 3.63) is 54.1 Å². The molecule has 2 aromatic rings. The molecule has 1 heterocycles. The number of halogens is 2. The van der Waals surface area contributed by atoms with Crippen LogP contribution in [0.3, 0.4) is 0 Å². The highest BCUT2D eigenvalue weighted by Crippen LogP contribution is 2.31. The lowest BCUT2D eigenvalue weighted by Crippen LogP contribution is -2.44. The van der Waals surface area contributed by atoms with Gasteiger partial charge in [0.15, 0.2) is 5.96 Å². The molecule has 0 spiro atoms. The Bertz CT molecular complexity index is 897. The minimum absolute atomic E-state index is 0.0707. The normalized spacial score (nSPS) is 17.4. The van der Waals surface area contributed by atoms with Crippen LogP contribution in [0.5, 0.6) is 11.5 Å². The number of hydrogen-bond acceptors (Lipinski definition) is 5. The summed E-state index contributed by atoms with van der Waals surface area (Å²) in [6, 6.07) is 14.1. The van der Waals surface area contributed by atoms with Gasteiger partial charge >= 0.3 is 6.61 Å². The van der Waals surface area contributed by atoms with E-state index >= 15 is 0 Å². The number of anilines is 1. The third-order valence-corrected chi connectivity index (χ3v) is 5.20. The van der Waals surface area contributed by atoms with Crippen LogP contribution in [-0.4, -0.2) is 57.0 Å². The first-order valence-corrected chi connectivity index (χ1v) is 10.7. The minimum Gasteiger partial charge on any atom is -0.497 e. The van der Waals surface area contributed by atoms with Gasteiger partial charge in [-0.2, -0.15) is 8.78 Å². The van der Waals surface area contributed by atoms with Crippen molar-refractivity contribution in [3.63, 3.8) is 0 Å². The molecule has 0 radical (unpaired) electrons. The van der Waals surface area contributed by atoms with Crippen molar-refractivity contribution in [1.29, 1.82) is 0 Å². The van der Waals surface area contributed by atoms with Crippen LogP contribution >= 0.6 is 0 Å². The number of aliphatic hydroxyl groups is 1. The summed E-state index contributed by atoms with van der Waals surface area (Å²) >= 11 is 0. The summed E-state index contributed by atoms with van der Waals surface area (Å²) < 4.78 is 35.3. The highest BCUT2D eigenvalue weighted by Gasteiger charge is 2.26. The second-order valence-electron chi connectivity index (χ2n) is 7.43. The molecule has 0 amide bonds. The molecule has 7 nitrogen and oxygen atoms in total. The van der Waals surface area contributed by atoms with E-state index in [1.165, 1.54) is 0 Å². The largest absolute Gasteiger partial charge is 0.497 e. The van der Waals surface area contributed by atoms with Crippen LogP contribution in [0.25, 0.3) is 0 Å². The van der Waals surface area contributed by atoms with Gasteiger partial charge in [-0.1, -0.05) is 24.3 Å². The summed E-state index contributed by atoms with van der Waals surface area (Å²) in [4.78, 5) is 6.54. The molecule has 0 bridgehead atoms. The quantitative estimate of drug-likeness (QED) is 0.404. The number of benzene rings is 2. The Labute approximate surface area is 187 Å². The molecule has 174 valence electrons. The maximum atomic E-state index is 12.7. The Morgan fingerprint density at radius 1 is 1.25 bits per heavy atom. The van der Waals surface area contributed by atoms with Gasteiger partial charge in [-0.3, -0.25) is 4.99 Å². The molecule has 2 atom stereocenters. The average Bonchev–Trinajstić information content (AvgIpc) is 3.25. The van der Waals surface area contributed by atoms with Crippen LogP contribution in [0.1, 0.15) is 25.0 Å². The number of ether oxygens (including phenoxy) is 2. The van der Waals surface area contributed by atoms with E-state index in [-0.39, 0.29) is 18.3 Å². The summed E-state index contributed by atoms with van der Waals surface area (Å²) in [6.07, 6.45) is 0.0466. The van der Waals surface area contributed by atoms with Crippen molar-refractivity contribution >= 4 is 11.6 Å². The molecule has 1 fully saturated rings. The van der Waals surface area contributed by atoms with Gasteiger partial charge in [0.05, 0.1) is 25.4 Å². The zero-order valence-electron chi connectivity index (χ0n) is 18.3. The molecule has 2 unspecified atom stereocenters. The summed E-state index contributed by atoms with van der Waals surface area (Å²) in [6.45, 7) is 1.27. The summed E-state index contributed by atoms with van der Waals surface area (Å²) in [7, 11) is 1.58. The summed E-state index contributed by atoms with van der Waals surface area (Å²) in [5, 5.41) is 17.1. The van der Waals surface area contributed by atoms with E-state index in [2.05, 4.69) is 20.4 Å². The Morgan fingerprint density at radius 3 is 2.81 bits per heavy atom. The highest BCUT2D eigenvalue weighted by atomic mass is 19.3. The molecule has 0 saturated carbocycles. The first kappa shape index (κ1) is 23.6. The fourth-order valence-corrected chi connectivity index (χ4v) is 3.66. The van der Waals surface area contributed by atoms with Gasteiger partial charge < -0.3 is 30.1 Å². The van der Waals surface area contributed by atoms with Gasteiger partial charge in [-0.25, -0.2) is 0 Å². The van der Waals surface area contributed by atoms with Crippen molar-refractivity contribution in [1.82, 2.24) is 10.6 Å². The lowest BCUT2D eigenvalue weighted by molar-refractivity contribution is -0.0495. The third-order valence-electron chi connectivity index (χ3n) is 5.20. The van der Waals surface area contributed by atoms with E-state index in [9.17, 15) is 13.9 Å². The zero-order chi connectivity index (χ0) is 22.9. The Kier molecular flexibility index (Phi) is 8.49. The molecule has 1 aliphatic heterocycles. The molecule has 0 aliphatic carbocycles. The number of nitrogens with zero attached hydrogens (tertiary/aromatic N) is 2. The fraction of sp³-hybridized carbons (Fsp3) is 0.435. The van der Waals surface area contributed by atoms with Crippen molar-refractivity contribution < 1.29 is 23.4 Å². The van der Waals surface area contributed by atoms with E-state index in [4.69, 9.17) is 4.74 Å². The molecule has 32 heavy (non-hydrogen) atoms. The molecular weight excluding hydrogens is 418 g/mol. The number of rotatable bonds is 9. The maximum absolute atomic E-state index is 12.7. The lowest BCUT2D eigenvalue weighted by atomic mass is 10.1. The third kappa shape index (κ3) is 6.46. The number of nitrogens with one attached hydrogen (secondary N) is 2. The second kappa shape index (κ2) is 11.5. The van der Waals surface area contributed by atoms with E-state index in [0.29, 0.717) is 37.0 Å². The first-order chi connectivity index (χ1) is 15.5. The highest BCUT2D eigenvalue weighted by molar-refractivity contribution is 5.80. The van der Waals surface area contributed by atoms with Crippen LogP contribution in [-0.2, 0) is 0 Å². The molecule has 0 aromatic heterocycles. The maximum Gasteiger partial charge on any atom is 0.387 e. The van der Waals surface area contributed by atoms with Crippen LogP contribution < -0.4 is 25.0 Å². The van der Waals surface area contributed by atoms with Crippen LogP contribution in [0.4, 0.5) is 14.5 Å². The van der Waals surface area contributed by atoms with Gasteiger partial charge in [-0.05, 0) is 43.2 Å².